The van der Waals surface area contributed by atoms with Gasteiger partial charge in [0.25, 0.3) is 5.91 Å². The number of methoxy groups -OCH3 is 1. The molecule has 1 N–H and O–H groups in total. The number of nitrogens with zero attached hydrogens (tertiary/aromatic N) is 3. The molecule has 0 aliphatic heterocycles. The molecule has 0 fully saturated rings. The maximum absolute atomic E-state index is 14.3. The first-order valence-electron chi connectivity index (χ1n) is 12.1. The highest BCUT2D eigenvalue weighted by molar-refractivity contribution is 6.30. The molecule has 1 heterocycles. The van der Waals surface area contributed by atoms with Crippen LogP contribution in [0.15, 0.2) is 79.0 Å². The summed E-state index contributed by atoms with van der Waals surface area (Å²) in [6.45, 7) is 3.86. The Balaban J connectivity index is 1.64. The van der Waals surface area contributed by atoms with E-state index >= 15 is 0 Å². The minimum Gasteiger partial charge on any atom is -0.497 e. The summed E-state index contributed by atoms with van der Waals surface area (Å²) < 4.78 is 21.4. The van der Waals surface area contributed by atoms with Crippen molar-refractivity contribution in [2.75, 3.05) is 25.5 Å². The number of benzene rings is 3. The van der Waals surface area contributed by atoms with Crippen molar-refractivity contribution in [1.29, 1.82) is 0 Å². The van der Waals surface area contributed by atoms with Gasteiger partial charge in [-0.05, 0) is 42.3 Å². The molecule has 0 saturated heterocycles. The summed E-state index contributed by atoms with van der Waals surface area (Å²) in [5.41, 5.74) is 2.06. The van der Waals surface area contributed by atoms with E-state index in [1.807, 2.05) is 50.2 Å². The lowest BCUT2D eigenvalue weighted by atomic mass is 10.1. The van der Waals surface area contributed by atoms with Crippen LogP contribution in [-0.2, 0) is 4.79 Å². The number of rotatable bonds is 9. The van der Waals surface area contributed by atoms with Gasteiger partial charge in [-0.1, -0.05) is 55.8 Å². The van der Waals surface area contributed by atoms with E-state index in [4.69, 9.17) is 16.3 Å². The lowest BCUT2D eigenvalue weighted by Crippen LogP contribution is -2.40. The number of amides is 2. The molecule has 0 aliphatic carbocycles. The van der Waals surface area contributed by atoms with Crippen LogP contribution >= 0.6 is 11.6 Å². The van der Waals surface area contributed by atoms with E-state index in [1.165, 1.54) is 23.1 Å². The number of hydrogen-bond donors (Lipinski definition) is 1. The summed E-state index contributed by atoms with van der Waals surface area (Å²) in [7, 11) is 1.57. The molecule has 0 aliphatic rings. The molecule has 9 heteroatoms. The van der Waals surface area contributed by atoms with Gasteiger partial charge in [0, 0.05) is 29.4 Å². The second kappa shape index (κ2) is 11.9. The first-order chi connectivity index (χ1) is 18.2. The second-order valence-electron chi connectivity index (χ2n) is 9.14. The summed E-state index contributed by atoms with van der Waals surface area (Å²) in [5, 5.41) is 3.43. The van der Waals surface area contributed by atoms with Crippen LogP contribution in [0.3, 0.4) is 0 Å². The van der Waals surface area contributed by atoms with Gasteiger partial charge < -0.3 is 9.64 Å². The number of carbonyl (C=O) groups is 2. The standard InChI is InChI=1S/C29H28ClFN4O3/c1-19(2)16-34(28(37)24-9-4-5-10-25(24)31)18-27(36)33-29-32-26(20-11-13-21(30)14-12-20)17-35(29)22-7-6-8-23(15-22)38-3/h4-15,17,19H,16,18H2,1-3H3,(H,32,33,36). The number of aromatic nitrogens is 2. The number of imidazole rings is 1. The van der Waals surface area contributed by atoms with Gasteiger partial charge >= 0.3 is 0 Å². The lowest BCUT2D eigenvalue weighted by molar-refractivity contribution is -0.117. The van der Waals surface area contributed by atoms with Crippen LogP contribution < -0.4 is 10.1 Å². The molecule has 0 spiro atoms. The topological polar surface area (TPSA) is 76.5 Å². The Kier molecular flexibility index (Phi) is 8.43. The molecular formula is C29H28ClFN4O3. The number of halogens is 2. The van der Waals surface area contributed by atoms with Gasteiger partial charge in [0.15, 0.2) is 0 Å². The van der Waals surface area contributed by atoms with Gasteiger partial charge in [0.05, 0.1) is 24.1 Å². The number of ether oxygens (including phenoxy) is 1. The molecule has 0 radical (unpaired) electrons. The van der Waals surface area contributed by atoms with Gasteiger partial charge in [0.2, 0.25) is 11.9 Å². The molecule has 0 unspecified atom stereocenters. The molecule has 4 aromatic rings. The highest BCUT2D eigenvalue weighted by Gasteiger charge is 2.23. The van der Waals surface area contributed by atoms with Gasteiger partial charge in [-0.3, -0.25) is 19.5 Å². The van der Waals surface area contributed by atoms with E-state index in [0.717, 1.165) is 5.56 Å². The van der Waals surface area contributed by atoms with Crippen LogP contribution in [0.4, 0.5) is 10.3 Å². The van der Waals surface area contributed by atoms with Crippen LogP contribution in [-0.4, -0.2) is 46.5 Å². The minimum atomic E-state index is -0.632. The van der Waals surface area contributed by atoms with E-state index in [-0.39, 0.29) is 30.5 Å². The third-order valence-electron chi connectivity index (χ3n) is 5.74. The maximum atomic E-state index is 14.3. The van der Waals surface area contributed by atoms with Crippen molar-refractivity contribution in [3.63, 3.8) is 0 Å². The molecule has 0 saturated carbocycles. The van der Waals surface area contributed by atoms with E-state index < -0.39 is 17.6 Å². The number of anilines is 1. The Morgan fingerprint density at radius 3 is 2.50 bits per heavy atom. The Morgan fingerprint density at radius 1 is 1.08 bits per heavy atom. The van der Waals surface area contributed by atoms with Crippen molar-refractivity contribution in [3.8, 4) is 22.7 Å². The molecule has 7 nitrogen and oxygen atoms in total. The quantitative estimate of drug-likeness (QED) is 0.282. The molecule has 2 amide bonds. The van der Waals surface area contributed by atoms with Crippen LogP contribution in [0.5, 0.6) is 5.75 Å². The van der Waals surface area contributed by atoms with Crippen molar-refractivity contribution in [3.05, 3.63) is 95.4 Å². The fourth-order valence-electron chi connectivity index (χ4n) is 3.99. The van der Waals surface area contributed by atoms with Crippen molar-refractivity contribution in [2.45, 2.75) is 13.8 Å². The molecule has 0 atom stereocenters. The van der Waals surface area contributed by atoms with Crippen molar-refractivity contribution in [2.24, 2.45) is 5.92 Å². The molecule has 1 aromatic heterocycles. The molecule has 38 heavy (non-hydrogen) atoms. The van der Waals surface area contributed by atoms with Gasteiger partial charge in [0.1, 0.15) is 18.1 Å². The van der Waals surface area contributed by atoms with Crippen molar-refractivity contribution in [1.82, 2.24) is 14.5 Å². The Hall–Kier alpha value is -4.17. The molecule has 0 bridgehead atoms. The molecule has 3 aromatic carbocycles. The molecule has 196 valence electrons. The van der Waals surface area contributed by atoms with E-state index in [1.54, 1.807) is 36.1 Å². The largest absolute Gasteiger partial charge is 0.497 e. The zero-order valence-electron chi connectivity index (χ0n) is 21.3. The SMILES string of the molecule is COc1cccc(-n2cc(-c3ccc(Cl)cc3)nc2NC(=O)CN(CC(C)C)C(=O)c2ccccc2F)c1. The van der Waals surface area contributed by atoms with Crippen LogP contribution in [0.2, 0.25) is 5.02 Å². The van der Waals surface area contributed by atoms with Gasteiger partial charge in [-0.25, -0.2) is 9.37 Å². The normalized spacial score (nSPS) is 10.9. The number of hydrogen-bond acceptors (Lipinski definition) is 4. The summed E-state index contributed by atoms with van der Waals surface area (Å²) in [5.74, 6) is -0.685. The second-order valence-corrected chi connectivity index (χ2v) is 9.57. The van der Waals surface area contributed by atoms with Crippen LogP contribution in [0.25, 0.3) is 16.9 Å². The fraction of sp³-hybridized carbons (Fsp3) is 0.207. The summed E-state index contributed by atoms with van der Waals surface area (Å²) in [4.78, 5) is 32.3. The van der Waals surface area contributed by atoms with Crippen molar-refractivity contribution >= 4 is 29.4 Å². The number of nitrogens with one attached hydrogen (secondary N) is 1. The molecular weight excluding hydrogens is 507 g/mol. The summed E-state index contributed by atoms with van der Waals surface area (Å²) in [6.07, 6.45) is 1.80. The van der Waals surface area contributed by atoms with Gasteiger partial charge in [-0.15, -0.1) is 0 Å². The Morgan fingerprint density at radius 2 is 1.82 bits per heavy atom. The smallest absolute Gasteiger partial charge is 0.257 e. The predicted octanol–water partition coefficient (Wildman–Crippen LogP) is 6.08. The summed E-state index contributed by atoms with van der Waals surface area (Å²) in [6, 6.07) is 20.3. The van der Waals surface area contributed by atoms with E-state index in [2.05, 4.69) is 10.3 Å². The molecule has 4 rings (SSSR count). The van der Waals surface area contributed by atoms with E-state index in [9.17, 15) is 14.0 Å². The summed E-state index contributed by atoms with van der Waals surface area (Å²) >= 11 is 6.05. The average molecular weight is 535 g/mol. The minimum absolute atomic E-state index is 0.0637. The third kappa shape index (κ3) is 6.39. The third-order valence-corrected chi connectivity index (χ3v) is 5.99. The fourth-order valence-corrected chi connectivity index (χ4v) is 4.11. The van der Waals surface area contributed by atoms with E-state index in [0.29, 0.717) is 22.2 Å². The Bertz CT molecular complexity index is 1440. The van der Waals surface area contributed by atoms with Gasteiger partial charge in [-0.2, -0.15) is 0 Å². The monoisotopic (exact) mass is 534 g/mol. The zero-order chi connectivity index (χ0) is 27.2. The predicted molar refractivity (Wildman–Crippen MR) is 146 cm³/mol. The van der Waals surface area contributed by atoms with Crippen LogP contribution in [0, 0.1) is 11.7 Å². The lowest BCUT2D eigenvalue weighted by Gasteiger charge is -2.24. The first-order valence-corrected chi connectivity index (χ1v) is 12.5. The maximum Gasteiger partial charge on any atom is 0.257 e. The van der Waals surface area contributed by atoms with Crippen LogP contribution in [0.1, 0.15) is 24.2 Å². The highest BCUT2D eigenvalue weighted by atomic mass is 35.5. The number of carbonyl (C=O) groups excluding carboxylic acids is 2. The zero-order valence-corrected chi connectivity index (χ0v) is 22.1. The average Bonchev–Trinajstić information content (AvgIpc) is 3.32. The first kappa shape index (κ1) is 26.9. The van der Waals surface area contributed by atoms with Crippen molar-refractivity contribution < 1.29 is 18.7 Å². The Labute approximate surface area is 225 Å². The highest BCUT2D eigenvalue weighted by Crippen LogP contribution is 2.27.